The van der Waals surface area contributed by atoms with Crippen LogP contribution in [0.15, 0.2) is 0 Å². The molecule has 0 unspecified atom stereocenters. The summed E-state index contributed by atoms with van der Waals surface area (Å²) >= 11 is 0. The van der Waals surface area contributed by atoms with E-state index in [0.717, 1.165) is 0 Å². The average molecular weight is 517 g/mol. The molecular formula is C24H53BO5Si3. The molecule has 0 spiro atoms. The van der Waals surface area contributed by atoms with Gasteiger partial charge in [0.2, 0.25) is 0 Å². The quantitative estimate of drug-likeness (QED) is 0.398. The van der Waals surface area contributed by atoms with Crippen molar-refractivity contribution in [1.82, 2.24) is 0 Å². The van der Waals surface area contributed by atoms with Crippen LogP contribution >= 0.6 is 0 Å². The molecule has 0 aromatic carbocycles. The smallest absolute Gasteiger partial charge is 0.192 e. The Hall–Kier alpha value is 0.516. The summed E-state index contributed by atoms with van der Waals surface area (Å²) in [7, 11) is 0.0769. The van der Waals surface area contributed by atoms with Gasteiger partial charge in [-0.2, -0.15) is 0 Å². The maximum absolute atomic E-state index is 10.7. The molecule has 0 aromatic rings. The van der Waals surface area contributed by atoms with Crippen LogP contribution < -0.4 is 0 Å². The van der Waals surface area contributed by atoms with Crippen molar-refractivity contribution in [3.8, 4) is 0 Å². The molecule has 0 bridgehead atoms. The highest BCUT2D eigenvalue weighted by molar-refractivity contribution is 6.75. The largest absolute Gasteiger partial charge is 0.414 e. The number of rotatable bonds is 8. The second-order valence-corrected chi connectivity index (χ2v) is 28.8. The number of aliphatic hydroxyl groups is 1. The molecule has 4 atom stereocenters. The number of hydrogen-bond donors (Lipinski definition) is 1. The molecule has 1 rings (SSSR count). The lowest BCUT2D eigenvalue weighted by atomic mass is 9.90. The third kappa shape index (κ3) is 6.84. The molecule has 9 heteroatoms. The Morgan fingerprint density at radius 3 is 1.52 bits per heavy atom. The van der Waals surface area contributed by atoms with Crippen LogP contribution in [0, 0.1) is 0 Å². The molecule has 1 heterocycles. The van der Waals surface area contributed by atoms with Crippen LogP contribution in [0.2, 0.25) is 54.4 Å². The van der Waals surface area contributed by atoms with E-state index in [0.29, 0.717) is 0 Å². The zero-order valence-electron chi connectivity index (χ0n) is 24.3. The number of ether oxygens (including phenoxy) is 1. The molecule has 0 aromatic heterocycles. The van der Waals surface area contributed by atoms with Crippen LogP contribution in [-0.4, -0.2) is 74.9 Å². The first kappa shape index (κ1) is 31.5. The van der Waals surface area contributed by atoms with Gasteiger partial charge in [0.05, 0.1) is 19.3 Å². The highest BCUT2D eigenvalue weighted by Crippen LogP contribution is 2.46. The van der Waals surface area contributed by atoms with Gasteiger partial charge >= 0.3 is 0 Å². The summed E-state index contributed by atoms with van der Waals surface area (Å²) in [5.74, 6) is 0. The zero-order valence-corrected chi connectivity index (χ0v) is 27.3. The Kier molecular flexibility index (Phi) is 9.33. The molecule has 1 N–H and O–H groups in total. The molecule has 0 aliphatic carbocycles. The van der Waals surface area contributed by atoms with Crippen molar-refractivity contribution in [2.45, 2.75) is 141 Å². The summed E-state index contributed by atoms with van der Waals surface area (Å²) in [5, 5.41) is 10.8. The first-order valence-corrected chi connectivity index (χ1v) is 21.1. The standard InChI is InChI=1S/C24H53BO5Si3/c1-21(2,3)31(10,11)27-17-24(16-26)19(30-33(14,15)23(7,8)9)18(20(25)28-24)29-32(12,13)22(4,5)6/h18-20,26H,16-17H2,1-15H3/t18-,19+,20-,24-/m1/s1. The van der Waals surface area contributed by atoms with E-state index >= 15 is 0 Å². The minimum Gasteiger partial charge on any atom is -0.414 e. The summed E-state index contributed by atoms with van der Waals surface area (Å²) in [5.41, 5.74) is -1.06. The van der Waals surface area contributed by atoms with Crippen molar-refractivity contribution in [2.24, 2.45) is 0 Å². The SMILES string of the molecule is [B][C@@H]1O[C@](CO)(CO[Si](C)(C)C(C)(C)C)[C@@H](O[Si](C)(C)C(C)(C)C)[C@H]1O[Si](C)(C)C(C)(C)C. The highest BCUT2D eigenvalue weighted by Gasteiger charge is 2.59. The van der Waals surface area contributed by atoms with E-state index in [1.54, 1.807) is 0 Å². The van der Waals surface area contributed by atoms with Gasteiger partial charge in [0, 0.05) is 6.00 Å². The van der Waals surface area contributed by atoms with E-state index in [-0.39, 0.29) is 28.3 Å². The maximum Gasteiger partial charge on any atom is 0.192 e. The summed E-state index contributed by atoms with van der Waals surface area (Å²) in [6.45, 7) is 33.2. The molecule has 5 nitrogen and oxygen atoms in total. The third-order valence-electron chi connectivity index (χ3n) is 8.73. The fourth-order valence-corrected chi connectivity index (χ4v) is 6.67. The van der Waals surface area contributed by atoms with Crippen LogP contribution in [0.5, 0.6) is 0 Å². The fourth-order valence-electron chi connectivity index (χ4n) is 3.00. The Morgan fingerprint density at radius 2 is 1.15 bits per heavy atom. The van der Waals surface area contributed by atoms with E-state index in [4.69, 9.17) is 25.9 Å². The van der Waals surface area contributed by atoms with E-state index in [2.05, 4.69) is 102 Å². The van der Waals surface area contributed by atoms with Crippen molar-refractivity contribution in [1.29, 1.82) is 0 Å². The summed E-state index contributed by atoms with van der Waals surface area (Å²) in [6, 6.07) is -0.691. The van der Waals surface area contributed by atoms with Crippen LogP contribution in [0.4, 0.5) is 0 Å². The summed E-state index contributed by atoms with van der Waals surface area (Å²) in [4.78, 5) is 0. The summed E-state index contributed by atoms with van der Waals surface area (Å²) in [6.07, 6.45) is -0.965. The lowest BCUT2D eigenvalue weighted by molar-refractivity contribution is -0.118. The van der Waals surface area contributed by atoms with Crippen molar-refractivity contribution in [3.05, 3.63) is 0 Å². The van der Waals surface area contributed by atoms with Gasteiger partial charge in [-0.25, -0.2) is 0 Å². The second kappa shape index (κ2) is 9.76. The van der Waals surface area contributed by atoms with Crippen molar-refractivity contribution in [2.75, 3.05) is 13.2 Å². The minimum absolute atomic E-state index is 0.0103. The monoisotopic (exact) mass is 516 g/mol. The molecule has 194 valence electrons. The first-order valence-electron chi connectivity index (χ1n) is 12.4. The van der Waals surface area contributed by atoms with Gasteiger partial charge in [-0.1, -0.05) is 62.3 Å². The van der Waals surface area contributed by atoms with Crippen molar-refractivity contribution in [3.63, 3.8) is 0 Å². The van der Waals surface area contributed by atoms with Gasteiger partial charge in [-0.05, 0) is 54.4 Å². The highest BCUT2D eigenvalue weighted by atomic mass is 28.4. The normalized spacial score (nSPS) is 28.4. The number of hydrogen-bond acceptors (Lipinski definition) is 5. The average Bonchev–Trinajstić information content (AvgIpc) is 2.82. The molecule has 1 aliphatic rings. The molecule has 0 saturated carbocycles. The van der Waals surface area contributed by atoms with E-state index in [1.165, 1.54) is 0 Å². The van der Waals surface area contributed by atoms with Crippen molar-refractivity contribution >= 4 is 32.8 Å². The van der Waals surface area contributed by atoms with Gasteiger partial charge in [0.1, 0.15) is 19.6 Å². The Labute approximate surface area is 209 Å². The van der Waals surface area contributed by atoms with Gasteiger partial charge in [-0.3, -0.25) is 0 Å². The molecule has 0 amide bonds. The van der Waals surface area contributed by atoms with Gasteiger partial charge < -0.3 is 23.1 Å². The predicted molar refractivity (Wildman–Crippen MR) is 148 cm³/mol. The van der Waals surface area contributed by atoms with E-state index < -0.39 is 48.8 Å². The van der Waals surface area contributed by atoms with Crippen molar-refractivity contribution < 1.29 is 23.1 Å². The van der Waals surface area contributed by atoms with Crippen LogP contribution in [0.25, 0.3) is 0 Å². The second-order valence-electron chi connectivity index (χ2n) is 14.5. The third-order valence-corrected chi connectivity index (χ3v) is 22.1. The Morgan fingerprint density at radius 1 is 0.758 bits per heavy atom. The van der Waals surface area contributed by atoms with Crippen LogP contribution in [0.3, 0.4) is 0 Å². The Balaban J connectivity index is 3.47. The Bertz CT molecular complexity index is 664. The zero-order chi connectivity index (χ0) is 26.5. The molecule has 1 saturated heterocycles. The molecular weight excluding hydrogens is 463 g/mol. The van der Waals surface area contributed by atoms with Gasteiger partial charge in [-0.15, -0.1) is 0 Å². The van der Waals surface area contributed by atoms with E-state index in [9.17, 15) is 5.11 Å². The van der Waals surface area contributed by atoms with Gasteiger partial charge in [0.25, 0.3) is 0 Å². The topological polar surface area (TPSA) is 57.2 Å². The van der Waals surface area contributed by atoms with Crippen LogP contribution in [0.1, 0.15) is 62.3 Å². The maximum atomic E-state index is 10.7. The molecule has 2 radical (unpaired) electrons. The minimum atomic E-state index is -2.23. The predicted octanol–water partition coefficient (Wildman–Crippen LogP) is 6.04. The molecule has 1 aliphatic heterocycles. The van der Waals surface area contributed by atoms with Gasteiger partial charge in [0.15, 0.2) is 25.0 Å². The fraction of sp³-hybridized carbons (Fsp3) is 1.00. The first-order chi connectivity index (χ1) is 14.3. The lowest BCUT2D eigenvalue weighted by Crippen LogP contribution is -2.60. The molecule has 1 fully saturated rings. The number of aliphatic hydroxyl groups excluding tert-OH is 1. The van der Waals surface area contributed by atoms with Crippen LogP contribution in [-0.2, 0) is 18.0 Å². The van der Waals surface area contributed by atoms with E-state index in [1.807, 2.05) is 0 Å². The summed E-state index contributed by atoms with van der Waals surface area (Å²) < 4.78 is 26.8. The lowest BCUT2D eigenvalue weighted by Gasteiger charge is -2.47. The molecule has 33 heavy (non-hydrogen) atoms.